The van der Waals surface area contributed by atoms with Crippen molar-refractivity contribution in [3.63, 3.8) is 0 Å². The molecule has 0 bridgehead atoms. The maximum atomic E-state index is 13.1. The Kier molecular flexibility index (Phi) is 6.35. The summed E-state index contributed by atoms with van der Waals surface area (Å²) in [5.41, 5.74) is 4.15. The summed E-state index contributed by atoms with van der Waals surface area (Å²) in [5, 5.41) is 2.90. The molecule has 152 valence electrons. The maximum Gasteiger partial charge on any atom is 0.229 e. The van der Waals surface area contributed by atoms with Crippen LogP contribution in [0.25, 0.3) is 10.6 Å². The van der Waals surface area contributed by atoms with Crippen LogP contribution in [-0.4, -0.2) is 20.8 Å². The maximum absolute atomic E-state index is 13.1. The number of carbonyl (C=O) groups excluding carboxylic acids is 1. The lowest BCUT2D eigenvalue weighted by atomic mass is 10.1. The third kappa shape index (κ3) is 5.02. The molecule has 5 nitrogen and oxygen atoms in total. The first kappa shape index (κ1) is 20.0. The Bertz CT molecular complexity index is 1070. The van der Waals surface area contributed by atoms with Gasteiger partial charge in [0.2, 0.25) is 5.91 Å². The van der Waals surface area contributed by atoms with Gasteiger partial charge in [0.25, 0.3) is 0 Å². The van der Waals surface area contributed by atoms with Gasteiger partial charge in [0.15, 0.2) is 0 Å². The summed E-state index contributed by atoms with van der Waals surface area (Å²) in [6.45, 7) is 3.03. The van der Waals surface area contributed by atoms with Crippen molar-refractivity contribution in [1.29, 1.82) is 0 Å². The van der Waals surface area contributed by atoms with Gasteiger partial charge in [-0.1, -0.05) is 37.3 Å². The van der Waals surface area contributed by atoms with Gasteiger partial charge < -0.3 is 9.32 Å². The lowest BCUT2D eigenvalue weighted by Gasteiger charge is -2.21. The Morgan fingerprint density at radius 1 is 1.07 bits per heavy atom. The summed E-state index contributed by atoms with van der Waals surface area (Å²) in [6.07, 6.45) is 6.40. The van der Waals surface area contributed by atoms with Gasteiger partial charge in [0, 0.05) is 29.9 Å². The molecule has 4 aromatic rings. The Morgan fingerprint density at radius 2 is 1.93 bits per heavy atom. The van der Waals surface area contributed by atoms with E-state index in [1.807, 2.05) is 29.6 Å². The molecule has 0 radical (unpaired) electrons. The third-order valence-electron chi connectivity index (χ3n) is 4.87. The first-order valence-corrected chi connectivity index (χ1v) is 10.8. The SMILES string of the molecule is CCc1ccc(-c2nc(CC(=O)N(Cc3cccnc3)Cc3ccco3)cs2)cc1. The van der Waals surface area contributed by atoms with Crippen molar-refractivity contribution in [2.24, 2.45) is 0 Å². The van der Waals surface area contributed by atoms with E-state index in [0.29, 0.717) is 13.1 Å². The second kappa shape index (κ2) is 9.50. The van der Waals surface area contributed by atoms with Crippen LogP contribution in [-0.2, 0) is 30.7 Å². The molecule has 6 heteroatoms. The van der Waals surface area contributed by atoms with E-state index in [1.54, 1.807) is 34.9 Å². The van der Waals surface area contributed by atoms with E-state index < -0.39 is 0 Å². The number of benzene rings is 1. The molecule has 0 N–H and O–H groups in total. The summed E-state index contributed by atoms with van der Waals surface area (Å²) in [5.74, 6) is 0.760. The van der Waals surface area contributed by atoms with Crippen LogP contribution in [0, 0.1) is 0 Å². The molecule has 1 amide bonds. The molecule has 0 aliphatic rings. The number of amides is 1. The summed E-state index contributed by atoms with van der Waals surface area (Å²) in [4.78, 5) is 23.7. The number of hydrogen-bond acceptors (Lipinski definition) is 5. The summed E-state index contributed by atoms with van der Waals surface area (Å²) in [7, 11) is 0. The smallest absolute Gasteiger partial charge is 0.229 e. The normalized spacial score (nSPS) is 10.8. The third-order valence-corrected chi connectivity index (χ3v) is 5.81. The molecule has 0 spiro atoms. The van der Waals surface area contributed by atoms with Crippen molar-refractivity contribution in [3.8, 4) is 10.6 Å². The van der Waals surface area contributed by atoms with Crippen LogP contribution in [0.1, 0.15) is 29.5 Å². The molecule has 0 unspecified atom stereocenters. The van der Waals surface area contributed by atoms with Gasteiger partial charge >= 0.3 is 0 Å². The minimum atomic E-state index is 0.00781. The fraction of sp³-hybridized carbons (Fsp3) is 0.208. The molecule has 0 saturated carbocycles. The van der Waals surface area contributed by atoms with Crippen molar-refractivity contribution in [2.75, 3.05) is 0 Å². The number of nitrogens with zero attached hydrogens (tertiary/aromatic N) is 3. The number of carbonyl (C=O) groups is 1. The van der Waals surface area contributed by atoms with Crippen molar-refractivity contribution >= 4 is 17.2 Å². The van der Waals surface area contributed by atoms with Crippen LogP contribution in [0.4, 0.5) is 0 Å². The highest BCUT2D eigenvalue weighted by Crippen LogP contribution is 2.25. The monoisotopic (exact) mass is 417 g/mol. The molecule has 0 aliphatic carbocycles. The van der Waals surface area contributed by atoms with Crippen LogP contribution in [0.15, 0.2) is 77.0 Å². The molecule has 4 rings (SSSR count). The average molecular weight is 418 g/mol. The summed E-state index contributed by atoms with van der Waals surface area (Å²) in [6, 6.07) is 16.0. The zero-order chi connectivity index (χ0) is 20.8. The van der Waals surface area contributed by atoms with Gasteiger partial charge in [0.05, 0.1) is 24.9 Å². The van der Waals surface area contributed by atoms with Gasteiger partial charge in [-0.15, -0.1) is 11.3 Å². The van der Waals surface area contributed by atoms with Gasteiger partial charge in [0.1, 0.15) is 10.8 Å². The molecule has 1 aromatic carbocycles. The van der Waals surface area contributed by atoms with Crippen LogP contribution in [0.5, 0.6) is 0 Å². The van der Waals surface area contributed by atoms with Gasteiger partial charge in [-0.3, -0.25) is 9.78 Å². The van der Waals surface area contributed by atoms with E-state index in [0.717, 1.165) is 34.0 Å². The van der Waals surface area contributed by atoms with Crippen molar-refractivity contribution in [2.45, 2.75) is 32.9 Å². The van der Waals surface area contributed by atoms with Gasteiger partial charge in [-0.2, -0.15) is 0 Å². The predicted molar refractivity (Wildman–Crippen MR) is 118 cm³/mol. The van der Waals surface area contributed by atoms with Crippen LogP contribution in [0.3, 0.4) is 0 Å². The molecular formula is C24H23N3O2S. The molecule has 0 aliphatic heterocycles. The number of rotatable bonds is 8. The van der Waals surface area contributed by atoms with E-state index >= 15 is 0 Å². The van der Waals surface area contributed by atoms with Crippen LogP contribution in [0.2, 0.25) is 0 Å². The fourth-order valence-corrected chi connectivity index (χ4v) is 4.03. The summed E-state index contributed by atoms with van der Waals surface area (Å²) >= 11 is 1.57. The van der Waals surface area contributed by atoms with Crippen molar-refractivity contribution < 1.29 is 9.21 Å². The number of aromatic nitrogens is 2. The highest BCUT2D eigenvalue weighted by atomic mass is 32.1. The molecule has 0 saturated heterocycles. The predicted octanol–water partition coefficient (Wildman–Crippen LogP) is 5.13. The minimum Gasteiger partial charge on any atom is -0.467 e. The zero-order valence-electron chi connectivity index (χ0n) is 16.8. The average Bonchev–Trinajstić information content (AvgIpc) is 3.46. The van der Waals surface area contributed by atoms with Crippen LogP contribution >= 0.6 is 11.3 Å². The number of thiazole rings is 1. The zero-order valence-corrected chi connectivity index (χ0v) is 17.6. The van der Waals surface area contributed by atoms with Gasteiger partial charge in [-0.25, -0.2) is 4.98 Å². The topological polar surface area (TPSA) is 59.2 Å². The van der Waals surface area contributed by atoms with Gasteiger partial charge in [-0.05, 0) is 35.7 Å². The molecule has 0 atom stereocenters. The standard InChI is InChI=1S/C24H23N3O2S/c1-2-18-7-9-20(10-8-18)24-26-21(17-30-24)13-23(28)27(16-22-6-4-12-29-22)15-19-5-3-11-25-14-19/h3-12,14,17H,2,13,15-16H2,1H3. The molecule has 30 heavy (non-hydrogen) atoms. The first-order valence-electron chi connectivity index (χ1n) is 9.94. The van der Waals surface area contributed by atoms with E-state index in [1.165, 1.54) is 5.56 Å². The highest BCUT2D eigenvalue weighted by Gasteiger charge is 2.18. The first-order chi connectivity index (χ1) is 14.7. The van der Waals surface area contributed by atoms with E-state index in [9.17, 15) is 4.79 Å². The number of pyridine rings is 1. The molecule has 0 fully saturated rings. The van der Waals surface area contributed by atoms with E-state index in [2.05, 4.69) is 36.2 Å². The highest BCUT2D eigenvalue weighted by molar-refractivity contribution is 7.13. The Morgan fingerprint density at radius 3 is 2.63 bits per heavy atom. The van der Waals surface area contributed by atoms with E-state index in [-0.39, 0.29) is 12.3 Å². The lowest BCUT2D eigenvalue weighted by molar-refractivity contribution is -0.132. The molecule has 3 aromatic heterocycles. The Hall–Kier alpha value is -3.25. The second-order valence-corrected chi connectivity index (χ2v) is 7.92. The summed E-state index contributed by atoms with van der Waals surface area (Å²) < 4.78 is 5.46. The quantitative estimate of drug-likeness (QED) is 0.399. The lowest BCUT2D eigenvalue weighted by Crippen LogP contribution is -2.31. The Balaban J connectivity index is 1.48. The fourth-order valence-electron chi connectivity index (χ4n) is 3.21. The Labute approximate surface area is 180 Å². The molecule has 3 heterocycles. The van der Waals surface area contributed by atoms with Crippen LogP contribution < -0.4 is 0 Å². The number of aryl methyl sites for hydroxylation is 1. The minimum absolute atomic E-state index is 0.00781. The van der Waals surface area contributed by atoms with Crippen molar-refractivity contribution in [3.05, 3.63) is 95.1 Å². The second-order valence-electron chi connectivity index (χ2n) is 7.06. The van der Waals surface area contributed by atoms with E-state index in [4.69, 9.17) is 9.40 Å². The molecular weight excluding hydrogens is 394 g/mol. The largest absolute Gasteiger partial charge is 0.467 e. The van der Waals surface area contributed by atoms with Crippen molar-refractivity contribution in [1.82, 2.24) is 14.9 Å². The number of hydrogen-bond donors (Lipinski definition) is 0. The number of furan rings is 1.